The van der Waals surface area contributed by atoms with Crippen molar-refractivity contribution in [2.24, 2.45) is 5.73 Å². The van der Waals surface area contributed by atoms with Crippen LogP contribution >= 0.6 is 15.9 Å². The highest BCUT2D eigenvalue weighted by molar-refractivity contribution is 9.10. The van der Waals surface area contributed by atoms with E-state index in [2.05, 4.69) is 86.1 Å². The monoisotopic (exact) mass is 345 g/mol. The Morgan fingerprint density at radius 3 is 2.14 bits per heavy atom. The maximum atomic E-state index is 6.41. The topological polar surface area (TPSA) is 26.0 Å². The van der Waals surface area contributed by atoms with E-state index in [0.29, 0.717) is 0 Å². The summed E-state index contributed by atoms with van der Waals surface area (Å²) in [5.74, 6) is 0. The summed E-state index contributed by atoms with van der Waals surface area (Å²) in [4.78, 5) is 0. The number of aryl methyl sites for hydroxylation is 1. The number of halogens is 1. The van der Waals surface area contributed by atoms with Crippen LogP contribution in [0.15, 0.2) is 46.9 Å². The fraction of sp³-hybridized carbons (Fsp3) is 0.368. The van der Waals surface area contributed by atoms with Crippen molar-refractivity contribution in [3.05, 3.63) is 69.2 Å². The summed E-state index contributed by atoms with van der Waals surface area (Å²) in [7, 11) is 0. The van der Waals surface area contributed by atoms with E-state index in [1.807, 2.05) is 0 Å². The molecule has 0 aromatic heterocycles. The van der Waals surface area contributed by atoms with Crippen LogP contribution in [0.3, 0.4) is 0 Å². The molecule has 0 saturated heterocycles. The normalized spacial score (nSPS) is 13.2. The van der Waals surface area contributed by atoms with Gasteiger partial charge in [-0.15, -0.1) is 0 Å². The molecule has 0 radical (unpaired) electrons. The van der Waals surface area contributed by atoms with Crippen molar-refractivity contribution in [1.29, 1.82) is 0 Å². The molecule has 0 heterocycles. The number of nitrogens with two attached hydrogens (primary N) is 1. The van der Waals surface area contributed by atoms with Crippen LogP contribution in [0.5, 0.6) is 0 Å². The molecule has 0 aliphatic rings. The van der Waals surface area contributed by atoms with Crippen LogP contribution in [0.1, 0.15) is 55.5 Å². The highest BCUT2D eigenvalue weighted by atomic mass is 79.9. The number of rotatable bonds is 4. The van der Waals surface area contributed by atoms with Gasteiger partial charge in [0.15, 0.2) is 0 Å². The zero-order chi connectivity index (χ0) is 15.6. The fourth-order valence-electron chi connectivity index (χ4n) is 2.40. The van der Waals surface area contributed by atoms with Crippen LogP contribution in [0.2, 0.25) is 0 Å². The molecule has 1 atom stereocenters. The van der Waals surface area contributed by atoms with Crippen molar-refractivity contribution < 1.29 is 0 Å². The Labute approximate surface area is 136 Å². The third-order valence-electron chi connectivity index (χ3n) is 4.48. The van der Waals surface area contributed by atoms with Gasteiger partial charge in [-0.25, -0.2) is 0 Å². The van der Waals surface area contributed by atoms with E-state index in [0.717, 1.165) is 22.0 Å². The summed E-state index contributed by atoms with van der Waals surface area (Å²) >= 11 is 3.53. The van der Waals surface area contributed by atoms with Gasteiger partial charge in [-0.05, 0) is 47.1 Å². The van der Waals surface area contributed by atoms with Crippen LogP contribution in [0.4, 0.5) is 0 Å². The van der Waals surface area contributed by atoms with E-state index < -0.39 is 0 Å². The van der Waals surface area contributed by atoms with E-state index in [9.17, 15) is 0 Å². The Balaban J connectivity index is 2.27. The molecular formula is C19H24BrN. The molecule has 112 valence electrons. The first kappa shape index (κ1) is 16.3. The molecular weight excluding hydrogens is 322 g/mol. The first-order chi connectivity index (χ1) is 9.85. The Bertz CT molecular complexity index is 614. The lowest BCUT2D eigenvalue weighted by molar-refractivity contribution is 0.506. The maximum Gasteiger partial charge on any atom is 0.0551 e. The second-order valence-corrected chi connectivity index (χ2v) is 7.20. The standard InChI is InChI=1S/C19H24BrN/c1-5-19(3,4)16-9-6-14(7-10-16)18(21)15-8-11-17(20)13(2)12-15/h6-12,18H,5,21H2,1-4H3. The zero-order valence-electron chi connectivity index (χ0n) is 13.3. The van der Waals surface area contributed by atoms with Gasteiger partial charge in [0.05, 0.1) is 6.04 Å². The Morgan fingerprint density at radius 2 is 1.62 bits per heavy atom. The van der Waals surface area contributed by atoms with Gasteiger partial charge < -0.3 is 5.73 Å². The third kappa shape index (κ3) is 3.56. The molecule has 2 N–H and O–H groups in total. The van der Waals surface area contributed by atoms with Gasteiger partial charge in [-0.1, -0.05) is 73.1 Å². The molecule has 1 nitrogen and oxygen atoms in total. The molecule has 0 amide bonds. The summed E-state index contributed by atoms with van der Waals surface area (Å²) in [6, 6.07) is 15.0. The lowest BCUT2D eigenvalue weighted by atomic mass is 9.81. The summed E-state index contributed by atoms with van der Waals surface area (Å²) in [5.41, 5.74) is 11.5. The van der Waals surface area contributed by atoms with Gasteiger partial charge in [0.1, 0.15) is 0 Å². The van der Waals surface area contributed by atoms with Crippen LogP contribution in [0.25, 0.3) is 0 Å². The largest absolute Gasteiger partial charge is 0.320 e. The molecule has 2 heteroatoms. The Kier molecular flexibility index (Phi) is 4.90. The number of hydrogen-bond acceptors (Lipinski definition) is 1. The SMILES string of the molecule is CCC(C)(C)c1ccc(C(N)c2ccc(Br)c(C)c2)cc1. The van der Waals surface area contributed by atoms with Crippen LogP contribution in [0, 0.1) is 6.92 Å². The molecule has 21 heavy (non-hydrogen) atoms. The van der Waals surface area contributed by atoms with Crippen molar-refractivity contribution in [3.63, 3.8) is 0 Å². The van der Waals surface area contributed by atoms with Crippen molar-refractivity contribution in [2.75, 3.05) is 0 Å². The lowest BCUT2D eigenvalue weighted by Crippen LogP contribution is -2.16. The molecule has 0 aliphatic carbocycles. The summed E-state index contributed by atoms with van der Waals surface area (Å²) in [5, 5.41) is 0. The first-order valence-electron chi connectivity index (χ1n) is 7.47. The molecule has 0 fully saturated rings. The van der Waals surface area contributed by atoms with E-state index in [1.54, 1.807) is 0 Å². The maximum absolute atomic E-state index is 6.41. The van der Waals surface area contributed by atoms with Gasteiger partial charge in [-0.2, -0.15) is 0 Å². The van der Waals surface area contributed by atoms with Crippen molar-refractivity contribution >= 4 is 15.9 Å². The third-order valence-corrected chi connectivity index (χ3v) is 5.37. The quantitative estimate of drug-likeness (QED) is 0.778. The van der Waals surface area contributed by atoms with E-state index >= 15 is 0 Å². The van der Waals surface area contributed by atoms with E-state index in [-0.39, 0.29) is 11.5 Å². The predicted molar refractivity (Wildman–Crippen MR) is 94.7 cm³/mol. The minimum absolute atomic E-state index is 0.0735. The van der Waals surface area contributed by atoms with Crippen LogP contribution in [-0.4, -0.2) is 0 Å². The Hall–Kier alpha value is -1.12. The molecule has 2 aromatic carbocycles. The van der Waals surface area contributed by atoms with Crippen LogP contribution in [-0.2, 0) is 5.41 Å². The second kappa shape index (κ2) is 6.33. The fourth-order valence-corrected chi connectivity index (χ4v) is 2.65. The van der Waals surface area contributed by atoms with Gasteiger partial charge in [0.25, 0.3) is 0 Å². The van der Waals surface area contributed by atoms with E-state index in [4.69, 9.17) is 5.73 Å². The highest BCUT2D eigenvalue weighted by Gasteiger charge is 2.18. The molecule has 0 bridgehead atoms. The molecule has 2 aromatic rings. The lowest BCUT2D eigenvalue weighted by Gasteiger charge is -2.24. The second-order valence-electron chi connectivity index (χ2n) is 6.35. The minimum atomic E-state index is -0.0735. The molecule has 0 spiro atoms. The van der Waals surface area contributed by atoms with E-state index in [1.165, 1.54) is 11.1 Å². The number of benzene rings is 2. The van der Waals surface area contributed by atoms with Crippen molar-refractivity contribution in [3.8, 4) is 0 Å². The smallest absolute Gasteiger partial charge is 0.0551 e. The first-order valence-corrected chi connectivity index (χ1v) is 8.26. The summed E-state index contributed by atoms with van der Waals surface area (Å²) < 4.78 is 1.12. The number of hydrogen-bond donors (Lipinski definition) is 1. The van der Waals surface area contributed by atoms with Gasteiger partial charge in [0, 0.05) is 4.47 Å². The summed E-state index contributed by atoms with van der Waals surface area (Å²) in [6.07, 6.45) is 1.13. The predicted octanol–water partition coefficient (Wildman–Crippen LogP) is 5.49. The zero-order valence-corrected chi connectivity index (χ0v) is 14.9. The molecule has 0 saturated carbocycles. The highest BCUT2D eigenvalue weighted by Crippen LogP contribution is 2.29. The molecule has 2 rings (SSSR count). The minimum Gasteiger partial charge on any atom is -0.320 e. The van der Waals surface area contributed by atoms with Gasteiger partial charge in [0.2, 0.25) is 0 Å². The van der Waals surface area contributed by atoms with Crippen molar-refractivity contribution in [2.45, 2.75) is 45.6 Å². The molecule has 0 aliphatic heterocycles. The van der Waals surface area contributed by atoms with Gasteiger partial charge in [-0.3, -0.25) is 0 Å². The van der Waals surface area contributed by atoms with Crippen molar-refractivity contribution in [1.82, 2.24) is 0 Å². The average Bonchev–Trinajstić information content (AvgIpc) is 2.49. The Morgan fingerprint density at radius 1 is 1.05 bits per heavy atom. The van der Waals surface area contributed by atoms with Crippen LogP contribution < -0.4 is 5.73 Å². The van der Waals surface area contributed by atoms with Gasteiger partial charge >= 0.3 is 0 Å². The average molecular weight is 346 g/mol. The molecule has 1 unspecified atom stereocenters. The summed E-state index contributed by atoms with van der Waals surface area (Å²) in [6.45, 7) is 8.87.